The van der Waals surface area contributed by atoms with Crippen LogP contribution in [0.15, 0.2) is 0 Å². The van der Waals surface area contributed by atoms with Crippen LogP contribution in [0.4, 0.5) is 0 Å². The van der Waals surface area contributed by atoms with Gasteiger partial charge in [0.25, 0.3) is 0 Å². The number of carbonyl (C=O) groups is 1. The fraction of sp³-hybridized carbons (Fsp3) is 0.938. The van der Waals surface area contributed by atoms with Crippen LogP contribution in [0.2, 0.25) is 0 Å². The normalized spacial score (nSPS) is 19.4. The lowest BCUT2D eigenvalue weighted by Crippen LogP contribution is -2.54. The summed E-state index contributed by atoms with van der Waals surface area (Å²) in [5.74, 6) is -0.0105. The number of nitrogens with one attached hydrogen (secondary N) is 1. The van der Waals surface area contributed by atoms with Crippen molar-refractivity contribution in [2.24, 2.45) is 5.92 Å². The molecule has 0 amide bonds. The van der Waals surface area contributed by atoms with Gasteiger partial charge in [-0.05, 0) is 51.9 Å². The Hall–Kier alpha value is -0.610. The Balaban J connectivity index is 2.28. The summed E-state index contributed by atoms with van der Waals surface area (Å²) in [6.07, 6.45) is 7.29. The maximum absolute atomic E-state index is 11.6. The molecule has 1 fully saturated rings. The van der Waals surface area contributed by atoms with Crippen molar-refractivity contribution in [1.82, 2.24) is 5.32 Å². The minimum atomic E-state index is -0.801. The molecule has 1 rings (SSSR count). The first-order valence-corrected chi connectivity index (χ1v) is 8.09. The largest absolute Gasteiger partial charge is 0.480 e. The van der Waals surface area contributed by atoms with Crippen LogP contribution in [0.3, 0.4) is 0 Å². The summed E-state index contributed by atoms with van der Waals surface area (Å²) in [6, 6.07) is 0.172. The van der Waals surface area contributed by atoms with Gasteiger partial charge in [0.15, 0.2) is 0 Å². The van der Waals surface area contributed by atoms with Crippen LogP contribution in [0, 0.1) is 5.92 Å². The Morgan fingerprint density at radius 3 is 2.55 bits per heavy atom. The number of aliphatic carboxylic acids is 1. The Morgan fingerprint density at radius 2 is 2.05 bits per heavy atom. The number of hydrogen-bond acceptors (Lipinski definition) is 3. The quantitative estimate of drug-likeness (QED) is 0.605. The van der Waals surface area contributed by atoms with E-state index in [0.29, 0.717) is 19.4 Å². The van der Waals surface area contributed by atoms with Gasteiger partial charge >= 0.3 is 5.97 Å². The molecular weight excluding hydrogens is 254 g/mol. The molecule has 0 aromatic carbocycles. The second-order valence-corrected chi connectivity index (χ2v) is 6.37. The highest BCUT2D eigenvalue weighted by Crippen LogP contribution is 2.25. The summed E-state index contributed by atoms with van der Waals surface area (Å²) in [7, 11) is 0. The lowest BCUT2D eigenvalue weighted by atomic mass is 9.89. The molecule has 4 heteroatoms. The van der Waals surface area contributed by atoms with Crippen LogP contribution in [-0.4, -0.2) is 35.9 Å². The monoisotopic (exact) mass is 285 g/mol. The van der Waals surface area contributed by atoms with Crippen molar-refractivity contribution in [3.05, 3.63) is 0 Å². The second kappa shape index (κ2) is 8.63. The lowest BCUT2D eigenvalue weighted by Gasteiger charge is -2.31. The van der Waals surface area contributed by atoms with Gasteiger partial charge in [0, 0.05) is 19.3 Å². The predicted octanol–water partition coefficient (Wildman–Crippen LogP) is 3.20. The number of hydrogen-bond donors (Lipinski definition) is 2. The predicted molar refractivity (Wildman–Crippen MR) is 80.9 cm³/mol. The Kier molecular flexibility index (Phi) is 7.52. The molecule has 2 N–H and O–H groups in total. The molecule has 0 spiro atoms. The summed E-state index contributed by atoms with van der Waals surface area (Å²) in [6.45, 7) is 7.44. The zero-order valence-corrected chi connectivity index (χ0v) is 13.3. The molecule has 1 aliphatic carbocycles. The molecule has 1 unspecified atom stereocenters. The van der Waals surface area contributed by atoms with E-state index in [1.807, 2.05) is 20.8 Å². The average Bonchev–Trinajstić information content (AvgIpc) is 2.89. The zero-order valence-electron chi connectivity index (χ0n) is 13.3. The van der Waals surface area contributed by atoms with Crippen molar-refractivity contribution in [3.63, 3.8) is 0 Å². The van der Waals surface area contributed by atoms with Gasteiger partial charge in [-0.2, -0.15) is 0 Å². The number of carboxylic acid groups (broad SMARTS) is 1. The van der Waals surface area contributed by atoms with E-state index in [4.69, 9.17) is 4.74 Å². The van der Waals surface area contributed by atoms with Gasteiger partial charge in [0.1, 0.15) is 5.54 Å². The Morgan fingerprint density at radius 1 is 1.40 bits per heavy atom. The van der Waals surface area contributed by atoms with Crippen LogP contribution in [0.1, 0.15) is 65.7 Å². The van der Waals surface area contributed by atoms with E-state index in [9.17, 15) is 9.90 Å². The molecule has 4 nitrogen and oxygen atoms in total. The SMILES string of the molecule is CCC(CCCOCC1CCCC1)(NC(C)C)C(=O)O. The van der Waals surface area contributed by atoms with Gasteiger partial charge < -0.3 is 9.84 Å². The van der Waals surface area contributed by atoms with Crippen LogP contribution >= 0.6 is 0 Å². The van der Waals surface area contributed by atoms with E-state index in [1.54, 1.807) is 0 Å². The summed E-state index contributed by atoms with van der Waals surface area (Å²) < 4.78 is 5.72. The average molecular weight is 285 g/mol. The molecule has 0 aliphatic heterocycles. The topological polar surface area (TPSA) is 58.6 Å². The van der Waals surface area contributed by atoms with Crippen LogP contribution < -0.4 is 5.32 Å². The van der Waals surface area contributed by atoms with E-state index in [0.717, 1.165) is 18.9 Å². The summed E-state index contributed by atoms with van der Waals surface area (Å²) in [4.78, 5) is 11.6. The van der Waals surface area contributed by atoms with Gasteiger partial charge in [-0.1, -0.05) is 19.8 Å². The van der Waals surface area contributed by atoms with Crippen molar-refractivity contribution < 1.29 is 14.6 Å². The standard InChI is InChI=1S/C16H31NO3/c1-4-16(15(18)19,17-13(2)3)10-7-11-20-12-14-8-5-6-9-14/h13-14,17H,4-12H2,1-3H3,(H,18,19). The van der Waals surface area contributed by atoms with Gasteiger partial charge in [-0.15, -0.1) is 0 Å². The highest BCUT2D eigenvalue weighted by Gasteiger charge is 2.36. The fourth-order valence-corrected chi connectivity index (χ4v) is 3.13. The molecule has 0 heterocycles. The van der Waals surface area contributed by atoms with E-state index >= 15 is 0 Å². The molecular formula is C16H31NO3. The third kappa shape index (κ3) is 5.41. The first-order valence-electron chi connectivity index (χ1n) is 8.09. The van der Waals surface area contributed by atoms with Crippen LogP contribution in [0.5, 0.6) is 0 Å². The molecule has 0 aromatic rings. The van der Waals surface area contributed by atoms with Crippen molar-refractivity contribution in [2.75, 3.05) is 13.2 Å². The maximum atomic E-state index is 11.6. The van der Waals surface area contributed by atoms with Crippen molar-refractivity contribution in [1.29, 1.82) is 0 Å². The summed E-state index contributed by atoms with van der Waals surface area (Å²) >= 11 is 0. The van der Waals surface area contributed by atoms with Crippen LogP contribution in [-0.2, 0) is 9.53 Å². The lowest BCUT2D eigenvalue weighted by molar-refractivity contribution is -0.146. The summed E-state index contributed by atoms with van der Waals surface area (Å²) in [5, 5.41) is 12.7. The minimum Gasteiger partial charge on any atom is -0.480 e. The van der Waals surface area contributed by atoms with E-state index in [2.05, 4.69) is 5.32 Å². The molecule has 0 aromatic heterocycles. The highest BCUT2D eigenvalue weighted by atomic mass is 16.5. The zero-order chi connectivity index (χ0) is 15.0. The molecule has 1 aliphatic rings. The van der Waals surface area contributed by atoms with Gasteiger partial charge in [-0.3, -0.25) is 10.1 Å². The molecule has 0 bridgehead atoms. The first-order chi connectivity index (χ1) is 9.50. The Bertz CT molecular complexity index is 287. The van der Waals surface area contributed by atoms with E-state index < -0.39 is 11.5 Å². The number of ether oxygens (including phenoxy) is 1. The first kappa shape index (κ1) is 17.4. The van der Waals surface area contributed by atoms with Gasteiger partial charge in [0.05, 0.1) is 0 Å². The second-order valence-electron chi connectivity index (χ2n) is 6.37. The molecule has 0 saturated heterocycles. The molecule has 0 radical (unpaired) electrons. The summed E-state index contributed by atoms with van der Waals surface area (Å²) in [5.41, 5.74) is -0.801. The van der Waals surface area contributed by atoms with Crippen molar-refractivity contribution >= 4 is 5.97 Å². The van der Waals surface area contributed by atoms with Gasteiger partial charge in [0.2, 0.25) is 0 Å². The van der Waals surface area contributed by atoms with E-state index in [-0.39, 0.29) is 6.04 Å². The smallest absolute Gasteiger partial charge is 0.323 e. The molecule has 1 atom stereocenters. The third-order valence-corrected chi connectivity index (χ3v) is 4.30. The van der Waals surface area contributed by atoms with Gasteiger partial charge in [-0.25, -0.2) is 0 Å². The molecule has 118 valence electrons. The van der Waals surface area contributed by atoms with Crippen LogP contribution in [0.25, 0.3) is 0 Å². The number of rotatable bonds is 10. The third-order valence-electron chi connectivity index (χ3n) is 4.30. The molecule has 20 heavy (non-hydrogen) atoms. The van der Waals surface area contributed by atoms with Crippen molar-refractivity contribution in [2.45, 2.75) is 77.3 Å². The maximum Gasteiger partial charge on any atom is 0.323 e. The fourth-order valence-electron chi connectivity index (χ4n) is 3.13. The van der Waals surface area contributed by atoms with E-state index in [1.165, 1.54) is 25.7 Å². The minimum absolute atomic E-state index is 0.172. The molecule has 1 saturated carbocycles. The highest BCUT2D eigenvalue weighted by molar-refractivity contribution is 5.78. The Labute approximate surface area is 123 Å². The number of carboxylic acids is 1. The van der Waals surface area contributed by atoms with Crippen molar-refractivity contribution in [3.8, 4) is 0 Å².